The molecule has 1 atom stereocenters. The maximum absolute atomic E-state index is 13.3. The topological polar surface area (TPSA) is 60.9 Å². The molecule has 5 nitrogen and oxygen atoms in total. The number of hydrogen-bond donors (Lipinski definition) is 1. The number of ketones is 1. The van der Waals surface area contributed by atoms with Gasteiger partial charge >= 0.3 is 0 Å². The molecule has 1 aliphatic rings. The van der Waals surface area contributed by atoms with E-state index in [1.165, 1.54) is 29.2 Å². The molecule has 1 heterocycles. The van der Waals surface area contributed by atoms with Gasteiger partial charge in [-0.05, 0) is 63.8 Å². The highest BCUT2D eigenvalue weighted by atomic mass is 19.1. The van der Waals surface area contributed by atoms with E-state index < -0.39 is 23.5 Å². The van der Waals surface area contributed by atoms with Gasteiger partial charge in [-0.1, -0.05) is 29.8 Å². The number of carbonyl (C=O) groups excluding carboxylic acids is 2. The number of hydrogen-bond acceptors (Lipinski definition) is 4. The SMILES string of the molecule is Cc1ccc(C2/C(=C(/O)c3ccc(F)cc3)C(=O)C(=O)N2CCCN(C)C)cc1. The van der Waals surface area contributed by atoms with Crippen LogP contribution in [0.1, 0.15) is 29.2 Å². The van der Waals surface area contributed by atoms with Crippen molar-refractivity contribution in [3.8, 4) is 0 Å². The quantitative estimate of drug-likeness (QED) is 0.461. The summed E-state index contributed by atoms with van der Waals surface area (Å²) in [4.78, 5) is 29.2. The van der Waals surface area contributed by atoms with Crippen molar-refractivity contribution in [2.45, 2.75) is 19.4 Å². The summed E-state index contributed by atoms with van der Waals surface area (Å²) in [6.45, 7) is 3.11. The first-order chi connectivity index (χ1) is 13.8. The number of nitrogens with zero attached hydrogens (tertiary/aromatic N) is 2. The number of carbonyl (C=O) groups is 2. The Morgan fingerprint density at radius 2 is 1.69 bits per heavy atom. The first-order valence-corrected chi connectivity index (χ1v) is 9.55. The third kappa shape index (κ3) is 4.38. The van der Waals surface area contributed by atoms with E-state index in [4.69, 9.17) is 0 Å². The van der Waals surface area contributed by atoms with Crippen LogP contribution in [0.3, 0.4) is 0 Å². The van der Waals surface area contributed by atoms with Crippen molar-refractivity contribution < 1.29 is 19.1 Å². The second-order valence-electron chi connectivity index (χ2n) is 7.57. The van der Waals surface area contributed by atoms with Crippen molar-refractivity contribution in [3.05, 3.63) is 76.6 Å². The molecule has 2 aromatic rings. The van der Waals surface area contributed by atoms with Gasteiger partial charge in [-0.2, -0.15) is 0 Å². The number of aryl methyl sites for hydroxylation is 1. The minimum Gasteiger partial charge on any atom is -0.507 e. The lowest BCUT2D eigenvalue weighted by molar-refractivity contribution is -0.139. The molecule has 6 heteroatoms. The average molecular weight is 396 g/mol. The lowest BCUT2D eigenvalue weighted by Crippen LogP contribution is -2.32. The second-order valence-corrected chi connectivity index (χ2v) is 7.57. The summed E-state index contributed by atoms with van der Waals surface area (Å²) >= 11 is 0. The van der Waals surface area contributed by atoms with Gasteiger partial charge in [0.15, 0.2) is 0 Å². The van der Waals surface area contributed by atoms with Crippen LogP contribution in [0.2, 0.25) is 0 Å². The molecule has 0 aromatic heterocycles. The van der Waals surface area contributed by atoms with Crippen LogP contribution >= 0.6 is 0 Å². The van der Waals surface area contributed by atoms with Gasteiger partial charge in [0.05, 0.1) is 11.6 Å². The molecule has 0 spiro atoms. The zero-order chi connectivity index (χ0) is 21.1. The highest BCUT2D eigenvalue weighted by Crippen LogP contribution is 2.39. The van der Waals surface area contributed by atoms with Gasteiger partial charge in [-0.25, -0.2) is 4.39 Å². The lowest BCUT2D eigenvalue weighted by atomic mass is 9.94. The standard InChI is InChI=1S/C23H25FN2O3/c1-15-5-7-16(8-6-15)20-19(21(27)17-9-11-18(24)12-10-17)22(28)23(29)26(20)14-4-13-25(2)3/h5-12,20,27H,4,13-14H2,1-3H3/b21-19-. The number of halogens is 1. The molecule has 0 radical (unpaired) electrons. The lowest BCUT2D eigenvalue weighted by Gasteiger charge is -2.26. The second kappa shape index (κ2) is 8.57. The van der Waals surface area contributed by atoms with Crippen LogP contribution in [0.4, 0.5) is 4.39 Å². The number of benzene rings is 2. The van der Waals surface area contributed by atoms with Crippen molar-refractivity contribution in [2.24, 2.45) is 0 Å². The van der Waals surface area contributed by atoms with Crippen molar-refractivity contribution in [2.75, 3.05) is 27.2 Å². The summed E-state index contributed by atoms with van der Waals surface area (Å²) in [5.74, 6) is -2.08. The predicted molar refractivity (Wildman–Crippen MR) is 110 cm³/mol. The summed E-state index contributed by atoms with van der Waals surface area (Å²) in [6.07, 6.45) is 0.693. The molecule has 29 heavy (non-hydrogen) atoms. The Morgan fingerprint density at radius 1 is 1.07 bits per heavy atom. The van der Waals surface area contributed by atoms with E-state index in [0.29, 0.717) is 18.5 Å². The van der Waals surface area contributed by atoms with E-state index >= 15 is 0 Å². The molecule has 0 aliphatic carbocycles. The smallest absolute Gasteiger partial charge is 0.295 e. The zero-order valence-corrected chi connectivity index (χ0v) is 16.9. The molecule has 1 unspecified atom stereocenters. The Morgan fingerprint density at radius 3 is 2.28 bits per heavy atom. The number of aliphatic hydroxyl groups is 1. The van der Waals surface area contributed by atoms with Crippen molar-refractivity contribution in [1.82, 2.24) is 9.80 Å². The van der Waals surface area contributed by atoms with Crippen LogP contribution in [0, 0.1) is 12.7 Å². The van der Waals surface area contributed by atoms with Gasteiger partial charge in [0.2, 0.25) is 0 Å². The maximum Gasteiger partial charge on any atom is 0.295 e. The summed E-state index contributed by atoms with van der Waals surface area (Å²) in [5.41, 5.74) is 2.14. The van der Waals surface area contributed by atoms with Crippen LogP contribution < -0.4 is 0 Å². The largest absolute Gasteiger partial charge is 0.507 e. The van der Waals surface area contributed by atoms with Crippen LogP contribution in [0.5, 0.6) is 0 Å². The maximum atomic E-state index is 13.3. The van der Waals surface area contributed by atoms with Crippen molar-refractivity contribution >= 4 is 17.4 Å². The van der Waals surface area contributed by atoms with Gasteiger partial charge in [-0.3, -0.25) is 9.59 Å². The number of rotatable bonds is 6. The van der Waals surface area contributed by atoms with E-state index in [1.54, 1.807) is 0 Å². The van der Waals surface area contributed by atoms with Crippen LogP contribution in [-0.4, -0.2) is 53.8 Å². The van der Waals surface area contributed by atoms with E-state index in [1.807, 2.05) is 50.2 Å². The monoisotopic (exact) mass is 396 g/mol. The molecule has 1 saturated heterocycles. The molecule has 1 aliphatic heterocycles. The molecule has 3 rings (SSSR count). The molecular weight excluding hydrogens is 371 g/mol. The molecule has 1 N–H and O–H groups in total. The molecule has 2 aromatic carbocycles. The highest BCUT2D eigenvalue weighted by molar-refractivity contribution is 6.46. The third-order valence-corrected chi connectivity index (χ3v) is 5.06. The van der Waals surface area contributed by atoms with E-state index in [-0.39, 0.29) is 11.3 Å². The minimum absolute atomic E-state index is 0.0373. The van der Waals surface area contributed by atoms with Crippen LogP contribution in [-0.2, 0) is 9.59 Å². The first kappa shape index (κ1) is 20.7. The molecule has 0 saturated carbocycles. The zero-order valence-electron chi connectivity index (χ0n) is 16.9. The van der Waals surface area contributed by atoms with Crippen LogP contribution in [0.25, 0.3) is 5.76 Å². The van der Waals surface area contributed by atoms with Crippen molar-refractivity contribution in [3.63, 3.8) is 0 Å². The van der Waals surface area contributed by atoms with Crippen LogP contribution in [0.15, 0.2) is 54.1 Å². The first-order valence-electron chi connectivity index (χ1n) is 9.55. The molecule has 152 valence electrons. The number of aliphatic hydroxyl groups excluding tert-OH is 1. The molecule has 1 fully saturated rings. The summed E-state index contributed by atoms with van der Waals surface area (Å²) in [6, 6.07) is 12.1. The minimum atomic E-state index is -0.720. The number of likely N-dealkylation sites (tertiary alicyclic amines) is 1. The van der Waals surface area contributed by atoms with E-state index in [2.05, 4.69) is 0 Å². The average Bonchev–Trinajstić information content (AvgIpc) is 2.93. The van der Waals surface area contributed by atoms with Gasteiger partial charge in [-0.15, -0.1) is 0 Å². The number of amides is 1. The fraction of sp³-hybridized carbons (Fsp3) is 0.304. The molecular formula is C23H25FN2O3. The third-order valence-electron chi connectivity index (χ3n) is 5.06. The van der Waals surface area contributed by atoms with Gasteiger partial charge in [0.1, 0.15) is 11.6 Å². The fourth-order valence-electron chi connectivity index (χ4n) is 3.53. The summed E-state index contributed by atoms with van der Waals surface area (Å²) in [7, 11) is 3.89. The van der Waals surface area contributed by atoms with Gasteiger partial charge in [0.25, 0.3) is 11.7 Å². The predicted octanol–water partition coefficient (Wildman–Crippen LogP) is 3.51. The Kier molecular flexibility index (Phi) is 6.13. The van der Waals surface area contributed by atoms with Gasteiger partial charge in [0, 0.05) is 12.1 Å². The summed E-state index contributed by atoms with van der Waals surface area (Å²) < 4.78 is 13.3. The number of Topliss-reactive ketones (excluding diaryl/α,β-unsaturated/α-hetero) is 1. The van der Waals surface area contributed by atoms with Crippen molar-refractivity contribution in [1.29, 1.82) is 0 Å². The molecule has 1 amide bonds. The van der Waals surface area contributed by atoms with E-state index in [0.717, 1.165) is 17.7 Å². The Hall–Kier alpha value is -2.99. The van der Waals surface area contributed by atoms with E-state index in [9.17, 15) is 19.1 Å². The normalized spacial score (nSPS) is 18.7. The Balaban J connectivity index is 2.07. The molecule has 0 bridgehead atoms. The highest BCUT2D eigenvalue weighted by Gasteiger charge is 2.45. The Bertz CT molecular complexity index is 934. The Labute approximate surface area is 170 Å². The fourth-order valence-corrected chi connectivity index (χ4v) is 3.53. The van der Waals surface area contributed by atoms with Gasteiger partial charge < -0.3 is 14.9 Å². The summed E-state index contributed by atoms with van der Waals surface area (Å²) in [5, 5.41) is 10.9.